The number of fused-ring (bicyclic) bond motifs is 3. The Morgan fingerprint density at radius 3 is 2.00 bits per heavy atom. The predicted molar refractivity (Wildman–Crippen MR) is 109 cm³/mol. The van der Waals surface area contributed by atoms with Crippen LogP contribution in [0.25, 0.3) is 11.1 Å². The summed E-state index contributed by atoms with van der Waals surface area (Å²) in [6, 6.07) is 26.0. The minimum absolute atomic E-state index is 0.110. The number of esters is 1. The molecule has 0 aromatic heterocycles. The normalized spacial score (nSPS) is 14.8. The second kappa shape index (κ2) is 7.58. The Labute approximate surface area is 164 Å². The molecule has 2 N–H and O–H groups in total. The quantitative estimate of drug-likeness (QED) is 0.650. The Bertz CT molecular complexity index is 938. The minimum atomic E-state index is -0.706. The van der Waals surface area contributed by atoms with Crippen molar-refractivity contribution in [3.8, 4) is 11.1 Å². The molecule has 0 saturated carbocycles. The van der Waals surface area contributed by atoms with Gasteiger partial charge in [0.15, 0.2) is 0 Å². The van der Waals surface area contributed by atoms with E-state index >= 15 is 0 Å². The predicted octanol–water partition coefficient (Wildman–Crippen LogP) is 3.47. The SMILES string of the molecule is COC(=O)C(CCO)NC1(c2ccccc2)c2ccccc2-c2ccccc21. The standard InChI is InChI=1S/C24H23NO3/c1-28-23(27)22(15-16-26)25-24(17-9-3-2-4-10-17)20-13-7-5-11-18(20)19-12-6-8-14-21(19)24/h2-14,22,25-26H,15-16H2,1H3. The molecule has 4 rings (SSSR count). The Balaban J connectivity index is 1.99. The van der Waals surface area contributed by atoms with Gasteiger partial charge in [0.1, 0.15) is 6.04 Å². The van der Waals surface area contributed by atoms with Crippen LogP contribution in [0, 0.1) is 0 Å². The van der Waals surface area contributed by atoms with Crippen LogP contribution >= 0.6 is 0 Å². The van der Waals surface area contributed by atoms with Gasteiger partial charge in [-0.3, -0.25) is 10.1 Å². The summed E-state index contributed by atoms with van der Waals surface area (Å²) in [5.41, 5.74) is 4.80. The highest BCUT2D eigenvalue weighted by atomic mass is 16.5. The maximum absolute atomic E-state index is 12.5. The van der Waals surface area contributed by atoms with Crippen LogP contribution in [0.3, 0.4) is 0 Å². The number of rotatable bonds is 6. The first kappa shape index (κ1) is 18.4. The van der Waals surface area contributed by atoms with Crippen LogP contribution in [0.5, 0.6) is 0 Å². The van der Waals surface area contributed by atoms with E-state index in [2.05, 4.69) is 41.7 Å². The van der Waals surface area contributed by atoms with Gasteiger partial charge in [0.2, 0.25) is 0 Å². The molecule has 1 aliphatic carbocycles. The molecule has 1 aliphatic rings. The second-order valence-electron chi connectivity index (χ2n) is 6.94. The molecule has 0 heterocycles. The zero-order valence-corrected chi connectivity index (χ0v) is 15.8. The summed E-state index contributed by atoms with van der Waals surface area (Å²) >= 11 is 0. The molecular weight excluding hydrogens is 350 g/mol. The molecule has 0 bridgehead atoms. The lowest BCUT2D eigenvalue weighted by atomic mass is 9.79. The molecule has 4 nitrogen and oxygen atoms in total. The van der Waals surface area contributed by atoms with Crippen LogP contribution in [0.1, 0.15) is 23.1 Å². The molecule has 0 saturated heterocycles. The van der Waals surface area contributed by atoms with E-state index in [1.54, 1.807) is 0 Å². The van der Waals surface area contributed by atoms with E-state index in [1.807, 2.05) is 42.5 Å². The van der Waals surface area contributed by atoms with Crippen molar-refractivity contribution in [2.45, 2.75) is 18.0 Å². The minimum Gasteiger partial charge on any atom is -0.468 e. The number of hydrogen-bond donors (Lipinski definition) is 2. The summed E-state index contributed by atoms with van der Waals surface area (Å²) < 4.78 is 5.02. The number of methoxy groups -OCH3 is 1. The molecule has 4 heteroatoms. The zero-order valence-electron chi connectivity index (χ0n) is 15.8. The molecule has 1 unspecified atom stereocenters. The van der Waals surface area contributed by atoms with Crippen molar-refractivity contribution in [2.24, 2.45) is 0 Å². The van der Waals surface area contributed by atoms with Crippen LogP contribution in [0.15, 0.2) is 78.9 Å². The molecule has 1 atom stereocenters. The summed E-state index contributed by atoms with van der Waals surface area (Å²) in [5, 5.41) is 13.1. The number of carbonyl (C=O) groups is 1. The van der Waals surface area contributed by atoms with Crippen LogP contribution in [0.2, 0.25) is 0 Å². The van der Waals surface area contributed by atoms with Crippen molar-refractivity contribution in [3.05, 3.63) is 95.6 Å². The van der Waals surface area contributed by atoms with Crippen molar-refractivity contribution in [3.63, 3.8) is 0 Å². The fourth-order valence-electron chi connectivity index (χ4n) is 4.25. The first-order valence-corrected chi connectivity index (χ1v) is 9.43. The number of carbonyl (C=O) groups excluding carboxylic acids is 1. The lowest BCUT2D eigenvalue weighted by Gasteiger charge is -2.37. The first-order valence-electron chi connectivity index (χ1n) is 9.43. The number of aliphatic hydroxyl groups excluding tert-OH is 1. The van der Waals surface area contributed by atoms with Gasteiger partial charge in [0.25, 0.3) is 0 Å². The highest BCUT2D eigenvalue weighted by Crippen LogP contribution is 2.51. The van der Waals surface area contributed by atoms with E-state index in [0.29, 0.717) is 0 Å². The Morgan fingerprint density at radius 2 is 1.46 bits per heavy atom. The third kappa shape index (κ3) is 2.82. The van der Waals surface area contributed by atoms with Gasteiger partial charge in [0.05, 0.1) is 12.6 Å². The van der Waals surface area contributed by atoms with E-state index in [9.17, 15) is 9.90 Å². The monoisotopic (exact) mass is 373 g/mol. The molecule has 3 aromatic carbocycles. The molecule has 28 heavy (non-hydrogen) atoms. The van der Waals surface area contributed by atoms with Gasteiger partial charge in [-0.25, -0.2) is 0 Å². The van der Waals surface area contributed by atoms with E-state index in [1.165, 1.54) is 7.11 Å². The van der Waals surface area contributed by atoms with Gasteiger partial charge in [0, 0.05) is 6.61 Å². The first-order chi connectivity index (χ1) is 13.7. The van der Waals surface area contributed by atoms with Crippen LogP contribution in [-0.2, 0) is 15.1 Å². The summed E-state index contributed by atoms with van der Waals surface area (Å²) in [7, 11) is 1.38. The summed E-state index contributed by atoms with van der Waals surface area (Å²) in [4.78, 5) is 12.5. The van der Waals surface area contributed by atoms with Gasteiger partial charge in [-0.1, -0.05) is 78.9 Å². The van der Waals surface area contributed by atoms with Crippen LogP contribution in [0.4, 0.5) is 0 Å². The van der Waals surface area contributed by atoms with Crippen LogP contribution in [-0.4, -0.2) is 30.8 Å². The van der Waals surface area contributed by atoms with Crippen molar-refractivity contribution in [1.82, 2.24) is 5.32 Å². The van der Waals surface area contributed by atoms with Crippen LogP contribution < -0.4 is 5.32 Å². The maximum atomic E-state index is 12.5. The molecule has 0 fully saturated rings. The smallest absolute Gasteiger partial charge is 0.322 e. The average molecular weight is 373 g/mol. The van der Waals surface area contributed by atoms with Crippen molar-refractivity contribution in [2.75, 3.05) is 13.7 Å². The van der Waals surface area contributed by atoms with Gasteiger partial charge in [-0.15, -0.1) is 0 Å². The number of aliphatic hydroxyl groups is 1. The molecule has 3 aromatic rings. The lowest BCUT2D eigenvalue weighted by Crippen LogP contribution is -2.52. The number of hydrogen-bond acceptors (Lipinski definition) is 4. The summed E-state index contributed by atoms with van der Waals surface area (Å²) in [5.74, 6) is -0.383. The third-order valence-corrected chi connectivity index (χ3v) is 5.45. The van der Waals surface area contributed by atoms with Gasteiger partial charge >= 0.3 is 5.97 Å². The second-order valence-corrected chi connectivity index (χ2v) is 6.94. The third-order valence-electron chi connectivity index (χ3n) is 5.45. The zero-order chi connectivity index (χ0) is 19.6. The number of ether oxygens (including phenoxy) is 1. The fourth-order valence-corrected chi connectivity index (χ4v) is 4.25. The lowest BCUT2D eigenvalue weighted by molar-refractivity contribution is -0.144. The summed E-state index contributed by atoms with van der Waals surface area (Å²) in [6.45, 7) is -0.110. The molecule has 0 radical (unpaired) electrons. The van der Waals surface area contributed by atoms with Gasteiger partial charge in [-0.2, -0.15) is 0 Å². The largest absolute Gasteiger partial charge is 0.468 e. The topological polar surface area (TPSA) is 58.6 Å². The fraction of sp³-hybridized carbons (Fsp3) is 0.208. The average Bonchev–Trinajstić information content (AvgIpc) is 3.05. The maximum Gasteiger partial charge on any atom is 0.322 e. The molecule has 0 aliphatic heterocycles. The van der Waals surface area contributed by atoms with Crippen molar-refractivity contribution >= 4 is 5.97 Å². The van der Waals surface area contributed by atoms with Crippen molar-refractivity contribution in [1.29, 1.82) is 0 Å². The van der Waals surface area contributed by atoms with Gasteiger partial charge < -0.3 is 9.84 Å². The van der Waals surface area contributed by atoms with E-state index in [-0.39, 0.29) is 19.0 Å². The Hall–Kier alpha value is -2.95. The van der Waals surface area contributed by atoms with E-state index in [0.717, 1.165) is 27.8 Å². The Morgan fingerprint density at radius 1 is 0.929 bits per heavy atom. The molecule has 0 spiro atoms. The molecule has 0 amide bonds. The highest BCUT2D eigenvalue weighted by molar-refractivity contribution is 5.84. The van der Waals surface area contributed by atoms with Crippen molar-refractivity contribution < 1.29 is 14.6 Å². The van der Waals surface area contributed by atoms with E-state index in [4.69, 9.17) is 4.74 Å². The summed E-state index contributed by atoms with van der Waals surface area (Å²) in [6.07, 6.45) is 0.269. The number of benzene rings is 3. The number of nitrogens with one attached hydrogen (secondary N) is 1. The van der Waals surface area contributed by atoms with Gasteiger partial charge in [-0.05, 0) is 34.2 Å². The molecule has 142 valence electrons. The Kier molecular flexibility index (Phi) is 4.99. The molecular formula is C24H23NO3. The highest BCUT2D eigenvalue weighted by Gasteiger charge is 2.46. The van der Waals surface area contributed by atoms with E-state index < -0.39 is 11.6 Å².